The number of fused-ring (bicyclic) bond motifs is 6. The van der Waals surface area contributed by atoms with Gasteiger partial charge in [-0.05, 0) is 81.0 Å². The molecule has 4 aliphatic carbocycles. The Morgan fingerprint density at radius 2 is 1.88 bits per heavy atom. The maximum Gasteiger partial charge on any atom is 0.306 e. The van der Waals surface area contributed by atoms with Gasteiger partial charge in [-0.25, -0.2) is 0 Å². The largest absolute Gasteiger partial charge is 0.458 e. The monoisotopic (exact) mass is 344 g/mol. The number of ether oxygens (including phenoxy) is 1. The van der Waals surface area contributed by atoms with Crippen molar-refractivity contribution in [2.75, 3.05) is 0 Å². The van der Waals surface area contributed by atoms with Crippen LogP contribution in [-0.2, 0) is 9.53 Å². The van der Waals surface area contributed by atoms with Gasteiger partial charge in [0.05, 0.1) is 6.10 Å². The van der Waals surface area contributed by atoms with Crippen molar-refractivity contribution in [3.8, 4) is 0 Å². The number of allylic oxidation sites excluding steroid dienone is 1. The van der Waals surface area contributed by atoms with Crippen LogP contribution in [0.2, 0.25) is 0 Å². The third-order valence-electron chi connectivity index (χ3n) is 9.41. The van der Waals surface area contributed by atoms with Crippen LogP contribution in [0.1, 0.15) is 78.1 Å². The Kier molecular flexibility index (Phi) is 3.35. The highest BCUT2D eigenvalue weighted by molar-refractivity contribution is 5.72. The van der Waals surface area contributed by atoms with E-state index in [0.717, 1.165) is 43.9 Å². The molecule has 0 amide bonds. The third-order valence-corrected chi connectivity index (χ3v) is 9.41. The first-order valence-corrected chi connectivity index (χ1v) is 10.5. The molecule has 1 spiro atoms. The zero-order valence-electron chi connectivity index (χ0n) is 15.7. The number of carbonyl (C=O) groups is 1. The SMILES string of the molecule is C[C@@]12CC[C@H](O)CC1=CC[C@H]1[C@H]3CC[C@@]4(CCC(=O)O4)[C@]3(C)CC[C@@H]12. The summed E-state index contributed by atoms with van der Waals surface area (Å²) in [5, 5.41) is 10.1. The second-order valence-corrected chi connectivity index (χ2v) is 10.1. The van der Waals surface area contributed by atoms with Crippen LogP contribution in [0, 0.1) is 28.6 Å². The molecule has 7 atom stereocenters. The van der Waals surface area contributed by atoms with Gasteiger partial charge in [0.25, 0.3) is 0 Å². The van der Waals surface area contributed by atoms with E-state index < -0.39 is 0 Å². The minimum atomic E-state index is -0.159. The van der Waals surface area contributed by atoms with E-state index in [1.165, 1.54) is 31.3 Å². The molecule has 1 saturated heterocycles. The Morgan fingerprint density at radius 1 is 1.08 bits per heavy atom. The van der Waals surface area contributed by atoms with Crippen LogP contribution in [0.5, 0.6) is 0 Å². The van der Waals surface area contributed by atoms with E-state index in [1.54, 1.807) is 0 Å². The van der Waals surface area contributed by atoms with Crippen molar-refractivity contribution in [1.29, 1.82) is 0 Å². The molecule has 0 bridgehead atoms. The molecule has 138 valence electrons. The van der Waals surface area contributed by atoms with Crippen molar-refractivity contribution < 1.29 is 14.6 Å². The zero-order valence-corrected chi connectivity index (χ0v) is 15.7. The van der Waals surface area contributed by atoms with Gasteiger partial charge in [0, 0.05) is 11.8 Å². The molecular weight excluding hydrogens is 312 g/mol. The molecule has 1 heterocycles. The maximum atomic E-state index is 11.9. The molecule has 0 aromatic heterocycles. The first kappa shape index (κ1) is 16.4. The fourth-order valence-electron chi connectivity index (χ4n) is 7.94. The Bertz CT molecular complexity index is 639. The molecule has 0 radical (unpaired) electrons. The van der Waals surface area contributed by atoms with Crippen molar-refractivity contribution in [3.63, 3.8) is 0 Å². The maximum absolute atomic E-state index is 11.9. The summed E-state index contributed by atoms with van der Waals surface area (Å²) in [6.45, 7) is 4.91. The molecule has 4 fully saturated rings. The standard InChI is InChI=1S/C22H32O3/c1-20-9-5-15(23)13-14(20)3-4-16-17(20)6-10-21(2)18(16)7-11-22(21)12-8-19(24)25-22/h3,15-18,23H,4-13H2,1-2H3/t15-,16+,17-,18+,20+,21+,22+/m0/s1. The predicted octanol–water partition coefficient (Wildman–Crippen LogP) is 4.39. The first-order chi connectivity index (χ1) is 11.9. The summed E-state index contributed by atoms with van der Waals surface area (Å²) in [6, 6.07) is 0. The summed E-state index contributed by atoms with van der Waals surface area (Å²) in [7, 11) is 0. The van der Waals surface area contributed by atoms with E-state index in [-0.39, 0.29) is 23.1 Å². The first-order valence-electron chi connectivity index (χ1n) is 10.5. The number of carbonyl (C=O) groups excluding carboxylic acids is 1. The molecule has 0 aromatic rings. The highest BCUT2D eigenvalue weighted by Gasteiger charge is 2.66. The molecule has 5 aliphatic rings. The number of hydrogen-bond acceptors (Lipinski definition) is 3. The smallest absolute Gasteiger partial charge is 0.306 e. The molecule has 25 heavy (non-hydrogen) atoms. The van der Waals surface area contributed by atoms with E-state index >= 15 is 0 Å². The molecule has 1 aliphatic heterocycles. The molecule has 1 N–H and O–H groups in total. The summed E-state index contributed by atoms with van der Waals surface area (Å²) in [4.78, 5) is 11.9. The van der Waals surface area contributed by atoms with Crippen LogP contribution in [0.3, 0.4) is 0 Å². The van der Waals surface area contributed by atoms with Crippen LogP contribution in [-0.4, -0.2) is 22.8 Å². The average molecular weight is 344 g/mol. The number of aliphatic hydroxyl groups is 1. The minimum Gasteiger partial charge on any atom is -0.458 e. The lowest BCUT2D eigenvalue weighted by Gasteiger charge is -2.59. The lowest BCUT2D eigenvalue weighted by atomic mass is 9.47. The summed E-state index contributed by atoms with van der Waals surface area (Å²) in [6.07, 6.45) is 12.9. The topological polar surface area (TPSA) is 46.5 Å². The summed E-state index contributed by atoms with van der Waals surface area (Å²) < 4.78 is 6.02. The van der Waals surface area contributed by atoms with Gasteiger partial charge in [-0.3, -0.25) is 4.79 Å². The fourth-order valence-corrected chi connectivity index (χ4v) is 7.94. The van der Waals surface area contributed by atoms with Crippen LogP contribution < -0.4 is 0 Å². The lowest BCUT2D eigenvalue weighted by molar-refractivity contribution is -0.167. The molecule has 3 saturated carbocycles. The van der Waals surface area contributed by atoms with Crippen molar-refractivity contribution >= 4 is 5.97 Å². The Labute approximate surface area is 151 Å². The Balaban J connectivity index is 1.49. The number of hydrogen-bond donors (Lipinski definition) is 1. The van der Waals surface area contributed by atoms with E-state index in [1.807, 2.05) is 0 Å². The second-order valence-electron chi connectivity index (χ2n) is 10.1. The third kappa shape index (κ3) is 1.99. The van der Waals surface area contributed by atoms with Gasteiger partial charge in [-0.15, -0.1) is 0 Å². The van der Waals surface area contributed by atoms with Gasteiger partial charge >= 0.3 is 5.97 Å². The van der Waals surface area contributed by atoms with Crippen LogP contribution in [0.4, 0.5) is 0 Å². The van der Waals surface area contributed by atoms with Gasteiger partial charge in [-0.2, -0.15) is 0 Å². The molecule has 0 unspecified atom stereocenters. The van der Waals surface area contributed by atoms with Crippen molar-refractivity contribution in [3.05, 3.63) is 11.6 Å². The lowest BCUT2D eigenvalue weighted by Crippen LogP contribution is -2.54. The van der Waals surface area contributed by atoms with Crippen molar-refractivity contribution in [2.45, 2.75) is 89.8 Å². The van der Waals surface area contributed by atoms with E-state index in [9.17, 15) is 9.90 Å². The second kappa shape index (κ2) is 5.12. The molecule has 5 rings (SSSR count). The van der Waals surface area contributed by atoms with Gasteiger partial charge in [0.2, 0.25) is 0 Å². The number of esters is 1. The highest BCUT2D eigenvalue weighted by atomic mass is 16.6. The van der Waals surface area contributed by atoms with Gasteiger partial charge < -0.3 is 9.84 Å². The quantitative estimate of drug-likeness (QED) is 0.524. The molecule has 3 heteroatoms. The predicted molar refractivity (Wildman–Crippen MR) is 95.8 cm³/mol. The van der Waals surface area contributed by atoms with Crippen molar-refractivity contribution in [1.82, 2.24) is 0 Å². The average Bonchev–Trinajstić information content (AvgIpc) is 3.10. The summed E-state index contributed by atoms with van der Waals surface area (Å²) in [5.74, 6) is 2.22. The minimum absolute atomic E-state index is 0.0306. The van der Waals surface area contributed by atoms with E-state index in [2.05, 4.69) is 19.9 Å². The zero-order chi connectivity index (χ0) is 17.4. The molecule has 0 aromatic carbocycles. The van der Waals surface area contributed by atoms with Gasteiger partial charge in [0.1, 0.15) is 5.60 Å². The Morgan fingerprint density at radius 3 is 2.64 bits per heavy atom. The molecular formula is C22H32O3. The number of rotatable bonds is 0. The normalized spacial score (nSPS) is 54.5. The molecule has 3 nitrogen and oxygen atoms in total. The van der Waals surface area contributed by atoms with E-state index in [4.69, 9.17) is 4.74 Å². The fraction of sp³-hybridized carbons (Fsp3) is 0.864. The summed E-state index contributed by atoms with van der Waals surface area (Å²) >= 11 is 0. The van der Waals surface area contributed by atoms with Crippen molar-refractivity contribution in [2.24, 2.45) is 28.6 Å². The highest BCUT2D eigenvalue weighted by Crippen LogP contribution is 2.69. The van der Waals surface area contributed by atoms with Gasteiger partial charge in [0.15, 0.2) is 0 Å². The van der Waals surface area contributed by atoms with E-state index in [0.29, 0.717) is 17.8 Å². The van der Waals surface area contributed by atoms with Crippen LogP contribution >= 0.6 is 0 Å². The van der Waals surface area contributed by atoms with Crippen LogP contribution in [0.15, 0.2) is 11.6 Å². The van der Waals surface area contributed by atoms with Crippen LogP contribution in [0.25, 0.3) is 0 Å². The summed E-state index contributed by atoms with van der Waals surface area (Å²) in [5.41, 5.74) is 1.85. The Hall–Kier alpha value is -0.830. The van der Waals surface area contributed by atoms with Gasteiger partial charge in [-0.1, -0.05) is 25.5 Å². The number of aliphatic hydroxyl groups excluding tert-OH is 1.